The molecule has 152 valence electrons. The third-order valence-electron chi connectivity index (χ3n) is 5.23. The summed E-state index contributed by atoms with van der Waals surface area (Å²) < 4.78 is 5.76. The van der Waals surface area contributed by atoms with Crippen LogP contribution in [-0.4, -0.2) is 81.3 Å². The van der Waals surface area contributed by atoms with Crippen LogP contribution in [0.1, 0.15) is 33.1 Å². The fourth-order valence-electron chi connectivity index (χ4n) is 3.73. The van der Waals surface area contributed by atoms with Crippen LogP contribution in [0, 0.1) is 5.92 Å². The van der Waals surface area contributed by atoms with Gasteiger partial charge < -0.3 is 30.7 Å². The zero-order chi connectivity index (χ0) is 19.4. The summed E-state index contributed by atoms with van der Waals surface area (Å²) in [4.78, 5) is 12.7. The van der Waals surface area contributed by atoms with Crippen LogP contribution in [0.5, 0.6) is 0 Å². The Morgan fingerprint density at radius 2 is 2.04 bits per heavy atom. The number of nitrogens with one attached hydrogen (secondary N) is 2. The van der Waals surface area contributed by atoms with Crippen LogP contribution in [-0.2, 0) is 9.53 Å². The standard InChI is InChI=1S/C17H31ClN2O5S/c1-4-5-9-6-10(19-7-9)16(24)20-11(8(2)18)15-13(22)12(21)14(23)17(25-15)26-3/h8-15,17,19,21-23H,4-7H2,1-3H3,(H,20,24)/t8-,9+,10-,11+,12?,13?,14?,15?,17?/m0/s1. The summed E-state index contributed by atoms with van der Waals surface area (Å²) in [5.41, 5.74) is -0.702. The Hall–Kier alpha value is -0.0900. The molecule has 0 aromatic carbocycles. The average Bonchev–Trinajstić information content (AvgIpc) is 3.07. The van der Waals surface area contributed by atoms with Crippen LogP contribution >= 0.6 is 23.4 Å². The topological polar surface area (TPSA) is 111 Å². The maximum Gasteiger partial charge on any atom is 0.237 e. The lowest BCUT2D eigenvalue weighted by molar-refractivity contribution is -0.205. The molecule has 0 aromatic heterocycles. The van der Waals surface area contributed by atoms with Gasteiger partial charge in [-0.2, -0.15) is 0 Å². The lowest BCUT2D eigenvalue weighted by Crippen LogP contribution is -2.65. The van der Waals surface area contributed by atoms with Gasteiger partial charge in [0.2, 0.25) is 5.91 Å². The molecule has 5 unspecified atom stereocenters. The molecular weight excluding hydrogens is 380 g/mol. The summed E-state index contributed by atoms with van der Waals surface area (Å²) in [6, 6.07) is -0.986. The molecule has 0 aromatic rings. The van der Waals surface area contributed by atoms with Gasteiger partial charge >= 0.3 is 0 Å². The van der Waals surface area contributed by atoms with Gasteiger partial charge in [0.1, 0.15) is 29.9 Å². The number of aliphatic hydroxyl groups is 3. The number of carbonyl (C=O) groups is 1. The highest BCUT2D eigenvalue weighted by Crippen LogP contribution is 2.30. The van der Waals surface area contributed by atoms with E-state index in [1.165, 1.54) is 11.8 Å². The maximum atomic E-state index is 12.7. The Balaban J connectivity index is 2.05. The van der Waals surface area contributed by atoms with Crippen molar-refractivity contribution in [2.45, 2.75) is 80.4 Å². The number of aliphatic hydroxyl groups excluding tert-OH is 3. The molecule has 2 rings (SSSR count). The van der Waals surface area contributed by atoms with E-state index in [9.17, 15) is 20.1 Å². The summed E-state index contributed by atoms with van der Waals surface area (Å²) in [7, 11) is 0. The first-order valence-electron chi connectivity index (χ1n) is 9.20. The smallest absolute Gasteiger partial charge is 0.237 e. The summed E-state index contributed by atoms with van der Waals surface area (Å²) in [6.45, 7) is 4.65. The van der Waals surface area contributed by atoms with Crippen molar-refractivity contribution in [3.63, 3.8) is 0 Å². The van der Waals surface area contributed by atoms with Gasteiger partial charge in [-0.3, -0.25) is 4.79 Å². The number of alkyl halides is 1. The summed E-state index contributed by atoms with van der Waals surface area (Å²) >= 11 is 7.50. The molecule has 7 nitrogen and oxygen atoms in total. The van der Waals surface area contributed by atoms with E-state index in [4.69, 9.17) is 16.3 Å². The number of hydrogen-bond acceptors (Lipinski definition) is 7. The monoisotopic (exact) mass is 410 g/mol. The van der Waals surface area contributed by atoms with E-state index in [1.54, 1.807) is 13.2 Å². The minimum absolute atomic E-state index is 0.182. The zero-order valence-electron chi connectivity index (χ0n) is 15.5. The van der Waals surface area contributed by atoms with E-state index < -0.39 is 41.3 Å². The number of amides is 1. The fourth-order valence-corrected chi connectivity index (χ4v) is 4.61. The third kappa shape index (κ3) is 5.04. The summed E-state index contributed by atoms with van der Waals surface area (Å²) in [6.07, 6.45) is -0.144. The van der Waals surface area contributed by atoms with Gasteiger partial charge in [-0.25, -0.2) is 0 Å². The summed E-state index contributed by atoms with van der Waals surface area (Å²) in [5.74, 6) is 0.301. The molecule has 0 aliphatic carbocycles. The molecule has 0 spiro atoms. The molecule has 2 aliphatic rings. The van der Waals surface area contributed by atoms with Gasteiger partial charge in [-0.15, -0.1) is 23.4 Å². The number of rotatable bonds is 7. The molecule has 2 fully saturated rings. The van der Waals surface area contributed by atoms with Crippen molar-refractivity contribution < 1.29 is 24.9 Å². The second-order valence-corrected chi connectivity index (χ2v) is 8.86. The lowest BCUT2D eigenvalue weighted by atomic mass is 9.92. The largest absolute Gasteiger partial charge is 0.388 e. The zero-order valence-corrected chi connectivity index (χ0v) is 17.0. The molecule has 0 radical (unpaired) electrons. The number of halogens is 1. The minimum Gasteiger partial charge on any atom is -0.388 e. The number of hydrogen-bond donors (Lipinski definition) is 5. The van der Waals surface area contributed by atoms with Gasteiger partial charge in [0, 0.05) is 0 Å². The van der Waals surface area contributed by atoms with Gasteiger partial charge in [-0.05, 0) is 38.5 Å². The minimum atomic E-state index is -1.36. The predicted octanol–water partition coefficient (Wildman–Crippen LogP) is 0.0473. The molecule has 0 bridgehead atoms. The van der Waals surface area contributed by atoms with Gasteiger partial charge in [-0.1, -0.05) is 13.3 Å². The molecule has 26 heavy (non-hydrogen) atoms. The van der Waals surface area contributed by atoms with Crippen LogP contribution in [0.4, 0.5) is 0 Å². The van der Waals surface area contributed by atoms with E-state index in [0.29, 0.717) is 5.92 Å². The van der Waals surface area contributed by atoms with E-state index in [2.05, 4.69) is 17.6 Å². The molecule has 0 saturated carbocycles. The van der Waals surface area contributed by atoms with E-state index in [0.717, 1.165) is 25.8 Å². The predicted molar refractivity (Wildman–Crippen MR) is 102 cm³/mol. The molecule has 9 atom stereocenters. The van der Waals surface area contributed by atoms with Gasteiger partial charge in [0.05, 0.1) is 17.5 Å². The highest BCUT2D eigenvalue weighted by atomic mass is 35.5. The first-order valence-corrected chi connectivity index (χ1v) is 10.9. The molecule has 9 heteroatoms. The second-order valence-electron chi connectivity index (χ2n) is 7.24. The van der Waals surface area contributed by atoms with Crippen molar-refractivity contribution in [1.29, 1.82) is 0 Å². The van der Waals surface area contributed by atoms with Crippen molar-refractivity contribution in [2.75, 3.05) is 12.8 Å². The first kappa shape index (κ1) is 22.2. The Kier molecular flexibility index (Phi) is 8.46. The average molecular weight is 411 g/mol. The quantitative estimate of drug-likeness (QED) is 0.377. The highest BCUT2D eigenvalue weighted by Gasteiger charge is 2.48. The van der Waals surface area contributed by atoms with Crippen molar-refractivity contribution >= 4 is 29.3 Å². The second kappa shape index (κ2) is 9.91. The van der Waals surface area contributed by atoms with Crippen molar-refractivity contribution in [2.24, 2.45) is 5.92 Å². The van der Waals surface area contributed by atoms with Crippen LogP contribution in [0.3, 0.4) is 0 Å². The Labute approximate surface area is 164 Å². The third-order valence-corrected chi connectivity index (χ3v) is 6.36. The van der Waals surface area contributed by atoms with Crippen LogP contribution in [0.2, 0.25) is 0 Å². The maximum absolute atomic E-state index is 12.7. The van der Waals surface area contributed by atoms with E-state index in [-0.39, 0.29) is 11.9 Å². The molecular formula is C17H31ClN2O5S. The Morgan fingerprint density at radius 3 is 2.62 bits per heavy atom. The molecule has 2 heterocycles. The number of carbonyl (C=O) groups excluding carboxylic acids is 1. The SMILES string of the molecule is CCC[C@H]1CN[C@H](C(=O)N[C@@H](C2OC(SC)C(O)C(O)C2O)[C@H](C)Cl)C1. The number of ether oxygens (including phenoxy) is 1. The first-order chi connectivity index (χ1) is 12.3. The van der Waals surface area contributed by atoms with Crippen molar-refractivity contribution in [3.8, 4) is 0 Å². The van der Waals surface area contributed by atoms with Crippen molar-refractivity contribution in [1.82, 2.24) is 10.6 Å². The number of thioether (sulfide) groups is 1. The van der Waals surface area contributed by atoms with E-state index >= 15 is 0 Å². The molecule has 2 saturated heterocycles. The van der Waals surface area contributed by atoms with Crippen LogP contribution in [0.15, 0.2) is 0 Å². The van der Waals surface area contributed by atoms with Crippen LogP contribution in [0.25, 0.3) is 0 Å². The molecule has 5 N–H and O–H groups in total. The van der Waals surface area contributed by atoms with Crippen molar-refractivity contribution in [3.05, 3.63) is 0 Å². The highest BCUT2D eigenvalue weighted by molar-refractivity contribution is 7.99. The molecule has 1 amide bonds. The fraction of sp³-hybridized carbons (Fsp3) is 0.941. The van der Waals surface area contributed by atoms with Gasteiger partial charge in [0.25, 0.3) is 0 Å². The normalized spacial score (nSPS) is 40.2. The summed E-state index contributed by atoms with van der Waals surface area (Å²) in [5, 5.41) is 36.1. The molecule has 2 aliphatic heterocycles. The van der Waals surface area contributed by atoms with E-state index in [1.807, 2.05) is 0 Å². The Morgan fingerprint density at radius 1 is 1.35 bits per heavy atom. The Bertz CT molecular complexity index is 470. The lowest BCUT2D eigenvalue weighted by Gasteiger charge is -2.44. The van der Waals surface area contributed by atoms with Gasteiger partial charge in [0.15, 0.2) is 0 Å². The van der Waals surface area contributed by atoms with Crippen LogP contribution < -0.4 is 10.6 Å².